The van der Waals surface area contributed by atoms with Crippen LogP contribution >= 0.6 is 15.9 Å². The van der Waals surface area contributed by atoms with Crippen LogP contribution < -0.4 is 15.4 Å². The summed E-state index contributed by atoms with van der Waals surface area (Å²) in [6.45, 7) is 8.63. The number of nitrogens with zero attached hydrogens (tertiary/aromatic N) is 3. The Morgan fingerprint density at radius 1 is 1.08 bits per heavy atom. The van der Waals surface area contributed by atoms with Crippen molar-refractivity contribution in [3.63, 3.8) is 0 Å². The summed E-state index contributed by atoms with van der Waals surface area (Å²) in [5.41, 5.74) is 2.07. The molecule has 3 aromatic rings. The van der Waals surface area contributed by atoms with Crippen molar-refractivity contribution >= 4 is 39.4 Å². The average molecular weight is 557 g/mol. The van der Waals surface area contributed by atoms with Crippen molar-refractivity contribution in [1.82, 2.24) is 14.7 Å². The summed E-state index contributed by atoms with van der Waals surface area (Å²) in [5.74, 6) is 0.971. The average Bonchev–Trinajstić information content (AvgIpc) is 3.26. The fraction of sp³-hybridized carbons (Fsp3) is 0.370. The Labute approximate surface area is 221 Å². The number of nitrogens with one attached hydrogen (secondary N) is 2. The van der Waals surface area contributed by atoms with Crippen molar-refractivity contribution in [2.24, 2.45) is 0 Å². The molecule has 0 aliphatic rings. The third kappa shape index (κ3) is 7.34. The number of unbranched alkanes of at least 4 members (excludes halogenated alkanes) is 1. The van der Waals surface area contributed by atoms with Gasteiger partial charge in [-0.05, 0) is 48.9 Å². The number of halogens is 1. The molecule has 0 radical (unpaired) electrons. The standard InChI is InChI=1S/C27H34BrN5O3/c1-6-7-15-32(26(35)29-20-10-8-9-19(28)16-20)18-25(34)30-24-17-23(27(2,3)4)31-33(24)21-11-13-22(36-5)14-12-21/h8-14,16-17H,6-7,15,18H2,1-5H3,(H,29,35)(H,30,34). The van der Waals surface area contributed by atoms with Gasteiger partial charge < -0.3 is 20.3 Å². The lowest BCUT2D eigenvalue weighted by Crippen LogP contribution is -2.41. The third-order valence-corrected chi connectivity index (χ3v) is 6.03. The zero-order chi connectivity index (χ0) is 26.3. The number of amides is 3. The van der Waals surface area contributed by atoms with Crippen molar-refractivity contribution in [2.75, 3.05) is 30.8 Å². The number of carbonyl (C=O) groups is 2. The summed E-state index contributed by atoms with van der Waals surface area (Å²) in [5, 5.41) is 10.6. The molecule has 2 N–H and O–H groups in total. The van der Waals surface area contributed by atoms with E-state index in [2.05, 4.69) is 47.3 Å². The molecule has 0 spiro atoms. The molecule has 0 aliphatic carbocycles. The number of benzene rings is 2. The minimum atomic E-state index is -0.323. The lowest BCUT2D eigenvalue weighted by molar-refractivity contribution is -0.116. The molecule has 192 valence electrons. The van der Waals surface area contributed by atoms with Gasteiger partial charge in [0.2, 0.25) is 5.91 Å². The number of anilines is 2. The van der Waals surface area contributed by atoms with Gasteiger partial charge in [-0.2, -0.15) is 5.10 Å². The van der Waals surface area contributed by atoms with Crippen LogP contribution in [0.5, 0.6) is 5.75 Å². The van der Waals surface area contributed by atoms with Crippen LogP contribution in [0.4, 0.5) is 16.3 Å². The van der Waals surface area contributed by atoms with Crippen molar-refractivity contribution in [3.05, 3.63) is 64.8 Å². The second-order valence-electron chi connectivity index (χ2n) is 9.54. The van der Waals surface area contributed by atoms with E-state index in [4.69, 9.17) is 9.84 Å². The van der Waals surface area contributed by atoms with E-state index in [1.165, 1.54) is 4.90 Å². The molecule has 3 rings (SSSR count). The highest BCUT2D eigenvalue weighted by Gasteiger charge is 2.23. The zero-order valence-corrected chi connectivity index (χ0v) is 23.1. The number of urea groups is 1. The molecule has 36 heavy (non-hydrogen) atoms. The SMILES string of the molecule is CCCCN(CC(=O)Nc1cc(C(C)(C)C)nn1-c1ccc(OC)cc1)C(=O)Nc1cccc(Br)c1. The second-order valence-corrected chi connectivity index (χ2v) is 10.5. The molecular formula is C27H34BrN5O3. The van der Waals surface area contributed by atoms with E-state index in [0.717, 1.165) is 34.4 Å². The molecule has 0 unspecified atom stereocenters. The van der Waals surface area contributed by atoms with Crippen molar-refractivity contribution in [1.29, 1.82) is 0 Å². The van der Waals surface area contributed by atoms with E-state index < -0.39 is 0 Å². The molecule has 9 heteroatoms. The number of carbonyl (C=O) groups excluding carboxylic acids is 2. The zero-order valence-electron chi connectivity index (χ0n) is 21.5. The van der Waals surface area contributed by atoms with E-state index in [9.17, 15) is 9.59 Å². The monoisotopic (exact) mass is 555 g/mol. The first-order valence-electron chi connectivity index (χ1n) is 12.0. The van der Waals surface area contributed by atoms with Crippen molar-refractivity contribution < 1.29 is 14.3 Å². The number of hydrogen-bond acceptors (Lipinski definition) is 4. The fourth-order valence-corrected chi connectivity index (χ4v) is 3.88. The van der Waals surface area contributed by atoms with Crippen LogP contribution in [-0.4, -0.2) is 46.8 Å². The molecular weight excluding hydrogens is 522 g/mol. The van der Waals surface area contributed by atoms with Crippen LogP contribution in [0.3, 0.4) is 0 Å². The maximum atomic E-state index is 13.1. The third-order valence-electron chi connectivity index (χ3n) is 5.54. The Hall–Kier alpha value is -3.33. The first kappa shape index (κ1) is 27.3. The van der Waals surface area contributed by atoms with Gasteiger partial charge in [0.15, 0.2) is 0 Å². The smallest absolute Gasteiger partial charge is 0.322 e. The first-order valence-corrected chi connectivity index (χ1v) is 12.8. The highest BCUT2D eigenvalue weighted by Crippen LogP contribution is 2.27. The molecule has 1 heterocycles. The Balaban J connectivity index is 1.80. The number of methoxy groups -OCH3 is 1. The van der Waals surface area contributed by atoms with Gasteiger partial charge in [0.25, 0.3) is 0 Å². The maximum Gasteiger partial charge on any atom is 0.322 e. The highest BCUT2D eigenvalue weighted by molar-refractivity contribution is 9.10. The number of ether oxygens (including phenoxy) is 1. The molecule has 0 atom stereocenters. The van der Waals surface area contributed by atoms with Gasteiger partial charge >= 0.3 is 6.03 Å². The van der Waals surface area contributed by atoms with Gasteiger partial charge in [0.1, 0.15) is 18.1 Å². The minimum absolute atomic E-state index is 0.0848. The van der Waals surface area contributed by atoms with Gasteiger partial charge in [0, 0.05) is 28.2 Å². The molecule has 0 bridgehead atoms. The Morgan fingerprint density at radius 3 is 2.42 bits per heavy atom. The lowest BCUT2D eigenvalue weighted by atomic mass is 9.92. The predicted octanol–water partition coefficient (Wildman–Crippen LogP) is 6.21. The van der Waals surface area contributed by atoms with Gasteiger partial charge in [-0.25, -0.2) is 9.48 Å². The van der Waals surface area contributed by atoms with E-state index in [-0.39, 0.29) is 23.9 Å². The van der Waals surface area contributed by atoms with Gasteiger partial charge in [-0.1, -0.05) is 56.1 Å². The number of hydrogen-bond donors (Lipinski definition) is 2. The largest absolute Gasteiger partial charge is 0.497 e. The second kappa shape index (κ2) is 12.1. The van der Waals surface area contributed by atoms with Crippen LogP contribution in [0.15, 0.2) is 59.1 Å². The number of rotatable bonds is 9. The van der Waals surface area contributed by atoms with Crippen LogP contribution in [-0.2, 0) is 10.2 Å². The van der Waals surface area contributed by atoms with Crippen LogP contribution in [0.25, 0.3) is 5.69 Å². The molecule has 0 saturated heterocycles. The summed E-state index contributed by atoms with van der Waals surface area (Å²) < 4.78 is 7.83. The molecule has 0 aliphatic heterocycles. The van der Waals surface area contributed by atoms with Gasteiger partial charge in [-0.15, -0.1) is 0 Å². The quantitative estimate of drug-likeness (QED) is 0.328. The predicted molar refractivity (Wildman–Crippen MR) is 147 cm³/mol. The normalized spacial score (nSPS) is 11.2. The molecule has 0 fully saturated rings. The van der Waals surface area contributed by atoms with Crippen molar-refractivity contribution in [3.8, 4) is 11.4 Å². The van der Waals surface area contributed by atoms with E-state index in [1.807, 2.05) is 61.5 Å². The highest BCUT2D eigenvalue weighted by atomic mass is 79.9. The first-order chi connectivity index (χ1) is 17.1. The summed E-state index contributed by atoms with van der Waals surface area (Å²) in [6.07, 6.45) is 1.69. The maximum absolute atomic E-state index is 13.1. The van der Waals surface area contributed by atoms with Crippen LogP contribution in [0.1, 0.15) is 46.2 Å². The van der Waals surface area contributed by atoms with Crippen LogP contribution in [0, 0.1) is 0 Å². The fourth-order valence-electron chi connectivity index (χ4n) is 3.48. The molecule has 8 nitrogen and oxygen atoms in total. The topological polar surface area (TPSA) is 88.5 Å². The van der Waals surface area contributed by atoms with E-state index >= 15 is 0 Å². The van der Waals surface area contributed by atoms with Gasteiger partial charge in [-0.3, -0.25) is 4.79 Å². The molecule has 0 saturated carbocycles. The summed E-state index contributed by atoms with van der Waals surface area (Å²) in [7, 11) is 1.61. The Bertz CT molecular complexity index is 1180. The summed E-state index contributed by atoms with van der Waals surface area (Å²) >= 11 is 3.41. The minimum Gasteiger partial charge on any atom is -0.497 e. The van der Waals surface area contributed by atoms with E-state index in [1.54, 1.807) is 11.8 Å². The summed E-state index contributed by atoms with van der Waals surface area (Å²) in [4.78, 5) is 27.7. The molecule has 1 aromatic heterocycles. The Morgan fingerprint density at radius 2 is 1.81 bits per heavy atom. The van der Waals surface area contributed by atoms with Crippen molar-refractivity contribution in [2.45, 2.75) is 46.0 Å². The van der Waals surface area contributed by atoms with Crippen LogP contribution in [0.2, 0.25) is 0 Å². The van der Waals surface area contributed by atoms with E-state index in [0.29, 0.717) is 18.1 Å². The summed E-state index contributed by atoms with van der Waals surface area (Å²) in [6, 6.07) is 16.4. The molecule has 2 aromatic carbocycles. The lowest BCUT2D eigenvalue weighted by Gasteiger charge is -2.22. The Kier molecular flexibility index (Phi) is 9.14. The number of aromatic nitrogens is 2. The van der Waals surface area contributed by atoms with Gasteiger partial charge in [0.05, 0.1) is 18.5 Å². The molecule has 3 amide bonds.